The van der Waals surface area contributed by atoms with Crippen LogP contribution >= 0.6 is 0 Å². The highest BCUT2D eigenvalue weighted by Crippen LogP contribution is 2.50. The van der Waals surface area contributed by atoms with Crippen LogP contribution in [0.15, 0.2) is 65.8 Å². The molecule has 3 aromatic carbocycles. The average Bonchev–Trinajstić information content (AvgIpc) is 3.61. The largest absolute Gasteiger partial charge is 0.475 e. The number of aliphatic imine (C=N–C) groups is 1. The van der Waals surface area contributed by atoms with Crippen molar-refractivity contribution in [2.45, 2.75) is 85.0 Å². The molecule has 1 atom stereocenters. The van der Waals surface area contributed by atoms with E-state index in [1.54, 1.807) is 0 Å². The fourth-order valence-corrected chi connectivity index (χ4v) is 6.53. The molecule has 0 aliphatic carbocycles. The first-order valence-electron chi connectivity index (χ1n) is 16.7. The smallest absolute Gasteiger partial charge is 0.216 e. The lowest BCUT2D eigenvalue weighted by atomic mass is 9.72. The number of benzene rings is 3. The molecule has 5 nitrogen and oxygen atoms in total. The quantitative estimate of drug-likeness (QED) is 0.215. The molecule has 0 amide bonds. The standard InChI is InChI=1S/C38H41N3O2/c1-21(2)24-14-25(36-40-23(4)20-42-36)16-27(15-24)43-33-19-32-30(13-22(33)3)38(8,9)31-18-26(37(5,6)7)17-29-28-11-10-12-39-35(28)41(32)34(29)31/h10-19,21,23H,20H2,1-9H3/t23-/m1/s1/i4D3. The second-order valence-electron chi connectivity index (χ2n) is 13.9. The van der Waals surface area contributed by atoms with Gasteiger partial charge in [-0.05, 0) is 95.4 Å². The van der Waals surface area contributed by atoms with E-state index in [0.717, 1.165) is 39.2 Å². The summed E-state index contributed by atoms with van der Waals surface area (Å²) in [4.78, 5) is 9.33. The Morgan fingerprint density at radius 1 is 1.05 bits per heavy atom. The van der Waals surface area contributed by atoms with Crippen LogP contribution < -0.4 is 4.74 Å². The van der Waals surface area contributed by atoms with Gasteiger partial charge in [0.1, 0.15) is 23.8 Å². The predicted octanol–water partition coefficient (Wildman–Crippen LogP) is 9.50. The molecule has 0 saturated heterocycles. The van der Waals surface area contributed by atoms with Crippen molar-refractivity contribution in [3.05, 3.63) is 94.2 Å². The number of aryl methyl sites for hydroxylation is 1. The lowest BCUT2D eigenvalue weighted by Gasteiger charge is -2.36. The Morgan fingerprint density at radius 2 is 1.86 bits per heavy atom. The molecular formula is C38H41N3O2. The predicted molar refractivity (Wildman–Crippen MR) is 177 cm³/mol. The first kappa shape index (κ1) is 24.3. The molecule has 5 heteroatoms. The van der Waals surface area contributed by atoms with Crippen molar-refractivity contribution in [2.75, 3.05) is 6.61 Å². The molecule has 2 aromatic heterocycles. The molecule has 2 aliphatic rings. The van der Waals surface area contributed by atoms with Gasteiger partial charge in [-0.15, -0.1) is 0 Å². The van der Waals surface area contributed by atoms with Crippen LogP contribution in [0.2, 0.25) is 0 Å². The Kier molecular flexibility index (Phi) is 5.34. The molecule has 220 valence electrons. The van der Waals surface area contributed by atoms with E-state index in [1.807, 2.05) is 30.5 Å². The summed E-state index contributed by atoms with van der Waals surface area (Å²) >= 11 is 0. The fraction of sp³-hybridized carbons (Fsp3) is 0.368. The highest BCUT2D eigenvalue weighted by molar-refractivity contribution is 6.10. The van der Waals surface area contributed by atoms with Gasteiger partial charge in [-0.25, -0.2) is 9.98 Å². The van der Waals surface area contributed by atoms with Crippen LogP contribution in [0, 0.1) is 6.92 Å². The van der Waals surface area contributed by atoms with Gasteiger partial charge in [-0.3, -0.25) is 4.57 Å². The van der Waals surface area contributed by atoms with Gasteiger partial charge in [0, 0.05) is 38.1 Å². The summed E-state index contributed by atoms with van der Waals surface area (Å²) in [6.45, 7) is 15.6. The van der Waals surface area contributed by atoms with Crippen molar-refractivity contribution in [1.29, 1.82) is 0 Å². The van der Waals surface area contributed by atoms with Crippen LogP contribution in [0.25, 0.3) is 27.6 Å². The zero-order valence-corrected chi connectivity index (χ0v) is 26.3. The van der Waals surface area contributed by atoms with Crippen molar-refractivity contribution in [3.8, 4) is 17.2 Å². The molecule has 0 spiro atoms. The lowest BCUT2D eigenvalue weighted by molar-refractivity contribution is 0.324. The Labute approximate surface area is 258 Å². The highest BCUT2D eigenvalue weighted by atomic mass is 16.5. The lowest BCUT2D eigenvalue weighted by Crippen LogP contribution is -2.27. The molecule has 0 saturated carbocycles. The van der Waals surface area contributed by atoms with Crippen LogP contribution in [0.5, 0.6) is 11.5 Å². The van der Waals surface area contributed by atoms with Crippen molar-refractivity contribution in [2.24, 2.45) is 4.99 Å². The average molecular weight is 575 g/mol. The molecule has 0 N–H and O–H groups in total. The molecule has 0 radical (unpaired) electrons. The van der Waals surface area contributed by atoms with Crippen LogP contribution in [0.4, 0.5) is 0 Å². The van der Waals surface area contributed by atoms with Crippen molar-refractivity contribution < 1.29 is 13.6 Å². The summed E-state index contributed by atoms with van der Waals surface area (Å²) in [5.41, 5.74) is 9.56. The van der Waals surface area contributed by atoms with Gasteiger partial charge >= 0.3 is 0 Å². The van der Waals surface area contributed by atoms with E-state index in [1.165, 1.54) is 27.6 Å². The minimum atomic E-state index is -2.21. The molecule has 2 aliphatic heterocycles. The van der Waals surface area contributed by atoms with E-state index in [2.05, 4.69) is 95.3 Å². The summed E-state index contributed by atoms with van der Waals surface area (Å²) in [6, 6.07) is 18.4. The third-order valence-electron chi connectivity index (χ3n) is 9.09. The maximum absolute atomic E-state index is 7.79. The maximum Gasteiger partial charge on any atom is 0.216 e. The second kappa shape index (κ2) is 9.44. The van der Waals surface area contributed by atoms with E-state index in [9.17, 15) is 0 Å². The molecule has 0 unspecified atom stereocenters. The van der Waals surface area contributed by atoms with Gasteiger partial charge in [0.25, 0.3) is 0 Å². The molecular weight excluding hydrogens is 530 g/mol. The number of hydrogen-bond acceptors (Lipinski definition) is 4. The van der Waals surface area contributed by atoms with Crippen LogP contribution in [-0.4, -0.2) is 28.1 Å². The molecule has 4 heterocycles. The van der Waals surface area contributed by atoms with E-state index in [4.69, 9.17) is 18.6 Å². The van der Waals surface area contributed by atoms with Crippen LogP contribution in [0.1, 0.15) is 98.7 Å². The highest BCUT2D eigenvalue weighted by Gasteiger charge is 2.37. The SMILES string of the molecule is [2H]C([2H])([2H])[C@@H]1COC(c2cc(Oc3cc4c(cc3C)C(C)(C)c3cc(C(C)(C)C)cc5c6cccnc6n-4c35)cc(C(C)C)c2)=N1. The topological polar surface area (TPSA) is 48.6 Å². The number of pyridine rings is 1. The van der Waals surface area contributed by atoms with Gasteiger partial charge in [-0.2, -0.15) is 0 Å². The number of hydrogen-bond donors (Lipinski definition) is 0. The summed E-state index contributed by atoms with van der Waals surface area (Å²) in [5.74, 6) is 1.96. The molecule has 0 bridgehead atoms. The Balaban J connectivity index is 1.40. The van der Waals surface area contributed by atoms with Crippen molar-refractivity contribution in [1.82, 2.24) is 9.55 Å². The zero-order valence-electron chi connectivity index (χ0n) is 29.3. The number of fused-ring (bicyclic) bond motifs is 5. The van der Waals surface area contributed by atoms with E-state index in [0.29, 0.717) is 11.6 Å². The van der Waals surface area contributed by atoms with Gasteiger partial charge < -0.3 is 9.47 Å². The monoisotopic (exact) mass is 574 g/mol. The van der Waals surface area contributed by atoms with Gasteiger partial charge in [0.05, 0.1) is 17.2 Å². The minimum Gasteiger partial charge on any atom is -0.475 e. The zero-order chi connectivity index (χ0) is 32.9. The molecule has 0 fully saturated rings. The maximum atomic E-state index is 7.79. The van der Waals surface area contributed by atoms with Crippen LogP contribution in [0.3, 0.4) is 0 Å². The van der Waals surface area contributed by atoms with Gasteiger partial charge in [0.15, 0.2) is 0 Å². The normalized spacial score (nSPS) is 18.7. The number of aromatic nitrogens is 2. The van der Waals surface area contributed by atoms with Crippen molar-refractivity contribution in [3.63, 3.8) is 0 Å². The Hall–Kier alpha value is -4.12. The van der Waals surface area contributed by atoms with Gasteiger partial charge in [-0.1, -0.05) is 54.5 Å². The summed E-state index contributed by atoms with van der Waals surface area (Å²) in [7, 11) is 0. The van der Waals surface area contributed by atoms with Crippen LogP contribution in [-0.2, 0) is 15.6 Å². The van der Waals surface area contributed by atoms with E-state index in [-0.39, 0.29) is 23.4 Å². The minimum absolute atomic E-state index is 0.00255. The first-order valence-corrected chi connectivity index (χ1v) is 15.2. The van der Waals surface area contributed by atoms with Gasteiger partial charge in [0.2, 0.25) is 5.90 Å². The third-order valence-corrected chi connectivity index (χ3v) is 9.09. The summed E-state index contributed by atoms with van der Waals surface area (Å²) in [6.07, 6.45) is 1.86. The Morgan fingerprint density at radius 3 is 2.58 bits per heavy atom. The molecule has 43 heavy (non-hydrogen) atoms. The summed E-state index contributed by atoms with van der Waals surface area (Å²) < 4.78 is 38.2. The third kappa shape index (κ3) is 4.35. The molecule has 5 aromatic rings. The number of ether oxygens (including phenoxy) is 2. The first-order chi connectivity index (χ1) is 21.5. The van der Waals surface area contributed by atoms with E-state index >= 15 is 0 Å². The molecule has 7 rings (SSSR count). The van der Waals surface area contributed by atoms with E-state index < -0.39 is 12.9 Å². The second-order valence-corrected chi connectivity index (χ2v) is 13.9. The van der Waals surface area contributed by atoms with Crippen molar-refractivity contribution >= 4 is 27.8 Å². The Bertz CT molecular complexity index is 2080. The number of nitrogens with zero attached hydrogens (tertiary/aromatic N) is 3. The fourth-order valence-electron chi connectivity index (χ4n) is 6.53. The summed E-state index contributed by atoms with van der Waals surface area (Å²) in [5, 5.41) is 2.35. The number of rotatable bonds is 4.